The summed E-state index contributed by atoms with van der Waals surface area (Å²) >= 11 is 0. The van der Waals surface area contributed by atoms with Crippen molar-refractivity contribution in [2.24, 2.45) is 0 Å². The predicted octanol–water partition coefficient (Wildman–Crippen LogP) is 2.08. The first-order chi connectivity index (χ1) is 7.64. The van der Waals surface area contributed by atoms with Gasteiger partial charge in [-0.3, -0.25) is 0 Å². The van der Waals surface area contributed by atoms with Crippen molar-refractivity contribution in [3.8, 4) is 5.75 Å². The summed E-state index contributed by atoms with van der Waals surface area (Å²) in [7, 11) is 1.92. The standard InChI is InChI=1S/C13H21NO2/c1-13(2,11-14-3)16-10-9-15-12-7-5-4-6-8-12/h4-8,14H,9-11H2,1-3H3. The van der Waals surface area contributed by atoms with E-state index < -0.39 is 0 Å². The van der Waals surface area contributed by atoms with Crippen molar-refractivity contribution in [3.63, 3.8) is 0 Å². The lowest BCUT2D eigenvalue weighted by molar-refractivity contribution is -0.0272. The molecule has 0 radical (unpaired) electrons. The number of rotatable bonds is 7. The molecular formula is C13H21NO2. The van der Waals surface area contributed by atoms with Crippen LogP contribution in [0.1, 0.15) is 13.8 Å². The molecule has 0 unspecified atom stereocenters. The molecule has 1 aromatic rings. The highest BCUT2D eigenvalue weighted by Crippen LogP contribution is 2.10. The highest BCUT2D eigenvalue weighted by molar-refractivity contribution is 5.20. The molecule has 16 heavy (non-hydrogen) atoms. The van der Waals surface area contributed by atoms with Gasteiger partial charge in [-0.25, -0.2) is 0 Å². The topological polar surface area (TPSA) is 30.5 Å². The fourth-order valence-corrected chi connectivity index (χ4v) is 1.47. The average molecular weight is 223 g/mol. The molecule has 90 valence electrons. The van der Waals surface area contributed by atoms with E-state index in [2.05, 4.69) is 19.2 Å². The minimum Gasteiger partial charge on any atom is -0.491 e. The molecule has 0 amide bonds. The molecule has 3 heteroatoms. The molecular weight excluding hydrogens is 202 g/mol. The van der Waals surface area contributed by atoms with E-state index in [9.17, 15) is 0 Å². The number of nitrogens with one attached hydrogen (secondary N) is 1. The van der Waals surface area contributed by atoms with Gasteiger partial charge in [0.1, 0.15) is 12.4 Å². The van der Waals surface area contributed by atoms with Crippen molar-refractivity contribution >= 4 is 0 Å². The summed E-state index contributed by atoms with van der Waals surface area (Å²) in [6.45, 7) is 6.14. The summed E-state index contributed by atoms with van der Waals surface area (Å²) in [5.74, 6) is 0.887. The lowest BCUT2D eigenvalue weighted by atomic mass is 10.1. The molecule has 1 N–H and O–H groups in total. The van der Waals surface area contributed by atoms with Gasteiger partial charge in [-0.1, -0.05) is 18.2 Å². The fourth-order valence-electron chi connectivity index (χ4n) is 1.47. The molecule has 0 aromatic heterocycles. The zero-order valence-corrected chi connectivity index (χ0v) is 10.3. The average Bonchev–Trinajstić information content (AvgIpc) is 2.26. The molecule has 0 aliphatic heterocycles. The van der Waals surface area contributed by atoms with Gasteiger partial charge in [-0.05, 0) is 33.0 Å². The quantitative estimate of drug-likeness (QED) is 0.718. The van der Waals surface area contributed by atoms with E-state index in [-0.39, 0.29) is 5.60 Å². The second kappa shape index (κ2) is 6.51. The summed E-state index contributed by atoms with van der Waals surface area (Å²) in [6, 6.07) is 9.78. The van der Waals surface area contributed by atoms with Gasteiger partial charge >= 0.3 is 0 Å². The zero-order chi connectivity index (χ0) is 11.9. The number of ether oxygens (including phenoxy) is 2. The van der Waals surface area contributed by atoms with Crippen LogP contribution in [0.2, 0.25) is 0 Å². The maximum Gasteiger partial charge on any atom is 0.119 e. The molecule has 0 saturated heterocycles. The SMILES string of the molecule is CNCC(C)(C)OCCOc1ccccc1. The highest BCUT2D eigenvalue weighted by Gasteiger charge is 2.16. The van der Waals surface area contributed by atoms with Crippen LogP contribution in [0.4, 0.5) is 0 Å². The van der Waals surface area contributed by atoms with Crippen LogP contribution >= 0.6 is 0 Å². The predicted molar refractivity (Wildman–Crippen MR) is 65.9 cm³/mol. The third kappa shape index (κ3) is 5.14. The third-order valence-electron chi connectivity index (χ3n) is 2.19. The second-order valence-electron chi connectivity index (χ2n) is 4.30. The minimum atomic E-state index is -0.144. The van der Waals surface area contributed by atoms with Gasteiger partial charge in [0.15, 0.2) is 0 Å². The highest BCUT2D eigenvalue weighted by atomic mass is 16.5. The molecule has 0 aliphatic carbocycles. The first kappa shape index (κ1) is 13.0. The summed E-state index contributed by atoms with van der Waals surface area (Å²) in [6.07, 6.45) is 0. The Labute approximate surface area is 97.8 Å². The van der Waals surface area contributed by atoms with Crippen LogP contribution in [-0.2, 0) is 4.74 Å². The number of likely N-dealkylation sites (N-methyl/N-ethyl adjacent to an activating group) is 1. The zero-order valence-electron chi connectivity index (χ0n) is 10.3. The van der Waals surface area contributed by atoms with Gasteiger partial charge in [-0.15, -0.1) is 0 Å². The first-order valence-corrected chi connectivity index (χ1v) is 5.60. The van der Waals surface area contributed by atoms with E-state index >= 15 is 0 Å². The summed E-state index contributed by atoms with van der Waals surface area (Å²) < 4.78 is 11.2. The van der Waals surface area contributed by atoms with Crippen LogP contribution in [0.3, 0.4) is 0 Å². The number of hydrogen-bond acceptors (Lipinski definition) is 3. The lowest BCUT2D eigenvalue weighted by Gasteiger charge is -2.24. The van der Waals surface area contributed by atoms with E-state index in [4.69, 9.17) is 9.47 Å². The molecule has 0 spiro atoms. The minimum absolute atomic E-state index is 0.144. The van der Waals surface area contributed by atoms with E-state index in [1.54, 1.807) is 0 Å². The molecule has 1 rings (SSSR count). The van der Waals surface area contributed by atoms with E-state index in [1.165, 1.54) is 0 Å². The largest absolute Gasteiger partial charge is 0.491 e. The normalized spacial score (nSPS) is 11.4. The van der Waals surface area contributed by atoms with Crippen LogP contribution in [0.15, 0.2) is 30.3 Å². The van der Waals surface area contributed by atoms with Crippen molar-refractivity contribution in [2.75, 3.05) is 26.8 Å². The molecule has 0 aliphatic rings. The van der Waals surface area contributed by atoms with Crippen molar-refractivity contribution in [3.05, 3.63) is 30.3 Å². The molecule has 0 fully saturated rings. The number of hydrogen-bond donors (Lipinski definition) is 1. The smallest absolute Gasteiger partial charge is 0.119 e. The Morgan fingerprint density at radius 3 is 2.44 bits per heavy atom. The monoisotopic (exact) mass is 223 g/mol. The van der Waals surface area contributed by atoms with Gasteiger partial charge in [-0.2, -0.15) is 0 Å². The van der Waals surface area contributed by atoms with E-state index in [0.717, 1.165) is 12.3 Å². The maximum absolute atomic E-state index is 5.70. The Morgan fingerprint density at radius 1 is 1.12 bits per heavy atom. The summed E-state index contributed by atoms with van der Waals surface area (Å²) in [4.78, 5) is 0. The molecule has 0 bridgehead atoms. The Bertz CT molecular complexity index is 285. The molecule has 0 heterocycles. The van der Waals surface area contributed by atoms with Crippen LogP contribution in [0.25, 0.3) is 0 Å². The molecule has 0 atom stereocenters. The Kier molecular flexibility index (Phi) is 5.29. The van der Waals surface area contributed by atoms with Gasteiger partial charge in [0.05, 0.1) is 12.2 Å². The van der Waals surface area contributed by atoms with Crippen LogP contribution in [0.5, 0.6) is 5.75 Å². The van der Waals surface area contributed by atoms with Gasteiger partial charge in [0.25, 0.3) is 0 Å². The van der Waals surface area contributed by atoms with E-state index in [0.29, 0.717) is 13.2 Å². The van der Waals surface area contributed by atoms with Crippen LogP contribution in [0, 0.1) is 0 Å². The summed E-state index contributed by atoms with van der Waals surface area (Å²) in [5, 5.41) is 3.10. The molecule has 3 nitrogen and oxygen atoms in total. The van der Waals surface area contributed by atoms with Gasteiger partial charge in [0, 0.05) is 6.54 Å². The number of para-hydroxylation sites is 1. The van der Waals surface area contributed by atoms with Crippen molar-refractivity contribution in [1.29, 1.82) is 0 Å². The lowest BCUT2D eigenvalue weighted by Crippen LogP contribution is -2.37. The second-order valence-corrected chi connectivity index (χ2v) is 4.30. The molecule has 0 saturated carbocycles. The fraction of sp³-hybridized carbons (Fsp3) is 0.538. The number of benzene rings is 1. The Balaban J connectivity index is 2.17. The van der Waals surface area contributed by atoms with E-state index in [1.807, 2.05) is 37.4 Å². The Hall–Kier alpha value is -1.06. The van der Waals surface area contributed by atoms with Crippen molar-refractivity contribution in [2.45, 2.75) is 19.4 Å². The van der Waals surface area contributed by atoms with Gasteiger partial charge in [0.2, 0.25) is 0 Å². The first-order valence-electron chi connectivity index (χ1n) is 5.60. The van der Waals surface area contributed by atoms with Crippen LogP contribution < -0.4 is 10.1 Å². The summed E-state index contributed by atoms with van der Waals surface area (Å²) in [5.41, 5.74) is -0.144. The third-order valence-corrected chi connectivity index (χ3v) is 2.19. The molecule has 1 aromatic carbocycles. The Morgan fingerprint density at radius 2 is 1.81 bits per heavy atom. The van der Waals surface area contributed by atoms with Gasteiger partial charge < -0.3 is 14.8 Å². The van der Waals surface area contributed by atoms with Crippen molar-refractivity contribution < 1.29 is 9.47 Å². The van der Waals surface area contributed by atoms with Crippen molar-refractivity contribution in [1.82, 2.24) is 5.32 Å². The van der Waals surface area contributed by atoms with Crippen LogP contribution in [-0.4, -0.2) is 32.4 Å². The maximum atomic E-state index is 5.70.